The number of primary amides is 1. The van der Waals surface area contributed by atoms with Crippen molar-refractivity contribution in [2.45, 2.75) is 6.54 Å². The second kappa shape index (κ2) is 5.71. The number of amides is 1. The summed E-state index contributed by atoms with van der Waals surface area (Å²) in [6.07, 6.45) is 0. The number of hydrogen-bond donors (Lipinski definition) is 2. The van der Waals surface area contributed by atoms with Gasteiger partial charge in [0.1, 0.15) is 5.82 Å². The second-order valence-corrected chi connectivity index (χ2v) is 4.45. The highest BCUT2D eigenvalue weighted by Crippen LogP contribution is 2.17. The number of nitrogens with two attached hydrogens (primary N) is 1. The number of carbonyl (C=O) groups is 1. The molecule has 0 saturated carbocycles. The molecule has 19 heavy (non-hydrogen) atoms. The van der Waals surface area contributed by atoms with Gasteiger partial charge in [0, 0.05) is 17.8 Å². The van der Waals surface area contributed by atoms with Crippen LogP contribution in [0.15, 0.2) is 42.5 Å². The predicted octanol–water partition coefficient (Wildman–Crippen LogP) is 3.19. The smallest absolute Gasteiger partial charge is 0.248 e. The van der Waals surface area contributed by atoms with Gasteiger partial charge in [0.15, 0.2) is 0 Å². The van der Waals surface area contributed by atoms with E-state index in [1.807, 2.05) is 0 Å². The van der Waals surface area contributed by atoms with Crippen LogP contribution in [0, 0.1) is 5.82 Å². The van der Waals surface area contributed by atoms with Gasteiger partial charge in [0.05, 0.1) is 5.02 Å². The molecule has 0 atom stereocenters. The molecule has 2 aromatic rings. The van der Waals surface area contributed by atoms with Crippen molar-refractivity contribution in [2.24, 2.45) is 5.73 Å². The van der Waals surface area contributed by atoms with Crippen LogP contribution in [-0.4, -0.2) is 5.91 Å². The van der Waals surface area contributed by atoms with E-state index in [0.717, 1.165) is 11.3 Å². The lowest BCUT2D eigenvalue weighted by Crippen LogP contribution is -2.11. The molecular formula is C14H12ClFN2O. The number of halogens is 2. The van der Waals surface area contributed by atoms with Crippen LogP contribution in [0.2, 0.25) is 5.02 Å². The number of benzene rings is 2. The second-order valence-electron chi connectivity index (χ2n) is 4.05. The largest absolute Gasteiger partial charge is 0.381 e. The molecule has 0 radical (unpaired) electrons. The van der Waals surface area contributed by atoms with Crippen molar-refractivity contribution in [3.8, 4) is 0 Å². The van der Waals surface area contributed by atoms with Crippen LogP contribution in [0.1, 0.15) is 15.9 Å². The van der Waals surface area contributed by atoms with Gasteiger partial charge < -0.3 is 11.1 Å². The first-order valence-electron chi connectivity index (χ1n) is 5.64. The fourth-order valence-corrected chi connectivity index (χ4v) is 1.75. The van der Waals surface area contributed by atoms with Crippen LogP contribution in [0.3, 0.4) is 0 Å². The Hall–Kier alpha value is -2.07. The maximum Gasteiger partial charge on any atom is 0.248 e. The van der Waals surface area contributed by atoms with Crippen molar-refractivity contribution in [1.29, 1.82) is 0 Å². The van der Waals surface area contributed by atoms with Crippen molar-refractivity contribution < 1.29 is 9.18 Å². The maximum atomic E-state index is 13.3. The summed E-state index contributed by atoms with van der Waals surface area (Å²) in [4.78, 5) is 11.0. The third-order valence-electron chi connectivity index (χ3n) is 2.63. The zero-order valence-corrected chi connectivity index (χ0v) is 10.7. The molecule has 0 fully saturated rings. The number of anilines is 1. The summed E-state index contributed by atoms with van der Waals surface area (Å²) in [6.45, 7) is 0.427. The molecular weight excluding hydrogens is 267 g/mol. The molecule has 0 aromatic heterocycles. The fourth-order valence-electron chi connectivity index (χ4n) is 1.64. The molecule has 2 aromatic carbocycles. The third-order valence-corrected chi connectivity index (χ3v) is 2.93. The van der Waals surface area contributed by atoms with Crippen LogP contribution < -0.4 is 11.1 Å². The Labute approximate surface area is 115 Å². The molecule has 0 spiro atoms. The van der Waals surface area contributed by atoms with E-state index in [4.69, 9.17) is 17.3 Å². The minimum absolute atomic E-state index is 0.0967. The normalized spacial score (nSPS) is 10.2. The molecule has 3 N–H and O–H groups in total. The van der Waals surface area contributed by atoms with E-state index in [1.165, 1.54) is 12.1 Å². The fraction of sp³-hybridized carbons (Fsp3) is 0.0714. The number of carbonyl (C=O) groups excluding carboxylic acids is 1. The Balaban J connectivity index is 2.07. The van der Waals surface area contributed by atoms with Crippen molar-refractivity contribution in [1.82, 2.24) is 0 Å². The van der Waals surface area contributed by atoms with Gasteiger partial charge in [-0.05, 0) is 35.9 Å². The van der Waals surface area contributed by atoms with Crippen molar-refractivity contribution in [3.63, 3.8) is 0 Å². The number of hydrogen-bond acceptors (Lipinski definition) is 2. The van der Waals surface area contributed by atoms with Crippen molar-refractivity contribution in [2.75, 3.05) is 5.32 Å². The first kappa shape index (κ1) is 13.4. The topological polar surface area (TPSA) is 55.1 Å². The zero-order chi connectivity index (χ0) is 13.8. The highest BCUT2D eigenvalue weighted by atomic mass is 35.5. The average Bonchev–Trinajstić information content (AvgIpc) is 2.40. The molecule has 0 aliphatic rings. The third kappa shape index (κ3) is 3.45. The van der Waals surface area contributed by atoms with Gasteiger partial charge in [0.2, 0.25) is 5.91 Å². The minimum atomic E-state index is -0.485. The minimum Gasteiger partial charge on any atom is -0.381 e. The van der Waals surface area contributed by atoms with Gasteiger partial charge in [-0.25, -0.2) is 4.39 Å². The molecule has 0 aliphatic heterocycles. The van der Waals surface area contributed by atoms with E-state index in [0.29, 0.717) is 12.1 Å². The average molecular weight is 279 g/mol. The molecule has 0 bridgehead atoms. The highest BCUT2D eigenvalue weighted by Gasteiger charge is 2.03. The molecule has 3 nitrogen and oxygen atoms in total. The molecule has 5 heteroatoms. The summed E-state index contributed by atoms with van der Waals surface area (Å²) in [5.74, 6) is -0.937. The lowest BCUT2D eigenvalue weighted by atomic mass is 10.1. The van der Waals surface area contributed by atoms with E-state index in [1.54, 1.807) is 30.3 Å². The Bertz CT molecular complexity index is 616. The van der Waals surface area contributed by atoms with Gasteiger partial charge in [-0.15, -0.1) is 0 Å². The Kier molecular flexibility index (Phi) is 4.02. The molecule has 0 unspecified atom stereocenters. The van der Waals surface area contributed by atoms with Crippen LogP contribution in [-0.2, 0) is 6.54 Å². The summed E-state index contributed by atoms with van der Waals surface area (Å²) in [7, 11) is 0. The Morgan fingerprint density at radius 2 is 2.05 bits per heavy atom. The van der Waals surface area contributed by atoms with Gasteiger partial charge in [-0.3, -0.25) is 4.79 Å². The van der Waals surface area contributed by atoms with Gasteiger partial charge in [-0.1, -0.05) is 23.7 Å². The Morgan fingerprint density at radius 1 is 1.26 bits per heavy atom. The SMILES string of the molecule is NC(=O)c1cccc(NCc2ccc(Cl)c(F)c2)c1. The Morgan fingerprint density at radius 3 is 2.74 bits per heavy atom. The molecule has 0 aliphatic carbocycles. The van der Waals surface area contributed by atoms with E-state index in [9.17, 15) is 9.18 Å². The van der Waals surface area contributed by atoms with Crippen LogP contribution in [0.5, 0.6) is 0 Å². The van der Waals surface area contributed by atoms with E-state index in [2.05, 4.69) is 5.32 Å². The van der Waals surface area contributed by atoms with Gasteiger partial charge >= 0.3 is 0 Å². The number of nitrogens with one attached hydrogen (secondary N) is 1. The summed E-state index contributed by atoms with van der Waals surface area (Å²) in [5, 5.41) is 3.18. The standard InChI is InChI=1S/C14H12ClFN2O/c15-12-5-4-9(6-13(12)16)8-18-11-3-1-2-10(7-11)14(17)19/h1-7,18H,8H2,(H2,17,19). The summed E-state index contributed by atoms with van der Waals surface area (Å²) in [5.41, 5.74) is 7.12. The van der Waals surface area contributed by atoms with Crippen LogP contribution in [0.25, 0.3) is 0 Å². The molecule has 0 saturated heterocycles. The first-order valence-corrected chi connectivity index (χ1v) is 6.02. The van der Waals surface area contributed by atoms with Crippen molar-refractivity contribution in [3.05, 3.63) is 64.4 Å². The first-order chi connectivity index (χ1) is 9.06. The van der Waals surface area contributed by atoms with Gasteiger partial charge in [0.25, 0.3) is 0 Å². The van der Waals surface area contributed by atoms with Crippen LogP contribution >= 0.6 is 11.6 Å². The van der Waals surface area contributed by atoms with E-state index in [-0.39, 0.29) is 5.02 Å². The lowest BCUT2D eigenvalue weighted by molar-refractivity contribution is 0.100. The number of rotatable bonds is 4. The summed E-state index contributed by atoms with van der Waals surface area (Å²) in [6, 6.07) is 11.4. The van der Waals surface area contributed by atoms with Crippen LogP contribution in [0.4, 0.5) is 10.1 Å². The monoisotopic (exact) mass is 278 g/mol. The molecule has 2 rings (SSSR count). The molecule has 98 valence electrons. The quantitative estimate of drug-likeness (QED) is 0.902. The molecule has 0 heterocycles. The predicted molar refractivity (Wildman–Crippen MR) is 73.7 cm³/mol. The summed E-state index contributed by atoms with van der Waals surface area (Å²) >= 11 is 5.61. The van der Waals surface area contributed by atoms with Crippen molar-refractivity contribution >= 4 is 23.2 Å². The van der Waals surface area contributed by atoms with E-state index < -0.39 is 11.7 Å². The zero-order valence-electron chi connectivity index (χ0n) is 9.99. The molecule has 1 amide bonds. The lowest BCUT2D eigenvalue weighted by Gasteiger charge is -2.08. The maximum absolute atomic E-state index is 13.3. The highest BCUT2D eigenvalue weighted by molar-refractivity contribution is 6.30. The van der Waals surface area contributed by atoms with E-state index >= 15 is 0 Å². The van der Waals surface area contributed by atoms with Gasteiger partial charge in [-0.2, -0.15) is 0 Å². The summed E-state index contributed by atoms with van der Waals surface area (Å²) < 4.78 is 13.3.